The third kappa shape index (κ3) is 5.26. The Hall–Kier alpha value is -6.65. The lowest BCUT2D eigenvalue weighted by Crippen LogP contribution is -2.04. The molecule has 4 nitrogen and oxygen atoms in total. The van der Waals surface area contributed by atoms with Crippen molar-refractivity contribution >= 4 is 21.8 Å². The standard InChI is InChI=1S/C45H30N4/c1-5-15-31(16-6-1)35-26-28-41-39(29-35)37-23-13-14-24-40(37)49(41)42-30-36(32-17-7-2-8-18-32)25-27-38(42)45-47-43(33-19-9-3-10-20-33)46-44(48-45)34-21-11-4-12-22-34/h1-30H/i1D,2D,5D,6D,7D,8D,13D,14D,15D,16D,17D,18D,23D,24D,26D,28D,29D. The van der Waals surface area contributed by atoms with Gasteiger partial charge in [-0.3, -0.25) is 0 Å². The predicted molar refractivity (Wildman–Crippen MR) is 201 cm³/mol. The smallest absolute Gasteiger partial charge is 0.166 e. The summed E-state index contributed by atoms with van der Waals surface area (Å²) in [5.74, 6) is 0.423. The Morgan fingerprint density at radius 2 is 0.959 bits per heavy atom. The molecule has 9 aromatic rings. The molecule has 7 aromatic carbocycles. The molecule has 0 fully saturated rings. The van der Waals surface area contributed by atoms with Gasteiger partial charge in [-0.1, -0.05) is 151 Å². The molecule has 0 unspecified atom stereocenters. The summed E-state index contributed by atoms with van der Waals surface area (Å²) in [6, 6.07) is 10.5. The van der Waals surface area contributed by atoms with Crippen LogP contribution in [0.15, 0.2) is 182 Å². The molecule has 0 amide bonds. The van der Waals surface area contributed by atoms with Gasteiger partial charge in [0, 0.05) is 27.5 Å². The molecule has 0 spiro atoms. The van der Waals surface area contributed by atoms with Crippen molar-refractivity contribution in [2.24, 2.45) is 0 Å². The molecule has 0 radical (unpaired) electrons. The van der Waals surface area contributed by atoms with Crippen molar-refractivity contribution < 1.29 is 23.3 Å². The first-order valence-electron chi connectivity index (χ1n) is 23.6. The van der Waals surface area contributed by atoms with Gasteiger partial charge in [-0.25, -0.2) is 15.0 Å². The molecule has 230 valence electrons. The second-order valence-corrected chi connectivity index (χ2v) is 10.8. The van der Waals surface area contributed by atoms with Gasteiger partial charge in [-0.2, -0.15) is 0 Å². The Bertz CT molecular complexity index is 3450. The molecule has 49 heavy (non-hydrogen) atoms. The molecule has 0 N–H and O–H groups in total. The molecular weight excluding hydrogens is 597 g/mol. The summed E-state index contributed by atoms with van der Waals surface area (Å²) in [6.45, 7) is 0. The van der Waals surface area contributed by atoms with E-state index in [0.29, 0.717) is 11.1 Å². The molecule has 4 heteroatoms. The molecule has 0 aliphatic rings. The highest BCUT2D eigenvalue weighted by molar-refractivity contribution is 6.11. The van der Waals surface area contributed by atoms with Crippen LogP contribution in [-0.2, 0) is 0 Å². The molecule has 2 heterocycles. The average molecular weight is 644 g/mol. The van der Waals surface area contributed by atoms with Crippen molar-refractivity contribution in [3.63, 3.8) is 0 Å². The van der Waals surface area contributed by atoms with Crippen LogP contribution in [0.25, 0.3) is 83.9 Å². The van der Waals surface area contributed by atoms with E-state index in [1.807, 2.05) is 12.1 Å². The van der Waals surface area contributed by atoms with Crippen LogP contribution in [0.5, 0.6) is 0 Å². The van der Waals surface area contributed by atoms with Crippen molar-refractivity contribution in [1.29, 1.82) is 0 Å². The molecule has 0 aliphatic carbocycles. The maximum absolute atomic E-state index is 9.67. The van der Waals surface area contributed by atoms with Gasteiger partial charge >= 0.3 is 0 Å². The molecule has 0 atom stereocenters. The summed E-state index contributed by atoms with van der Waals surface area (Å²) in [7, 11) is 0. The van der Waals surface area contributed by atoms with Crippen LogP contribution in [0.2, 0.25) is 0 Å². The zero-order valence-electron chi connectivity index (χ0n) is 42.3. The molecule has 9 rings (SSSR count). The van der Waals surface area contributed by atoms with Gasteiger partial charge in [0.1, 0.15) is 0 Å². The van der Waals surface area contributed by atoms with E-state index in [0.717, 1.165) is 0 Å². The molecule has 0 saturated carbocycles. The zero-order valence-corrected chi connectivity index (χ0v) is 25.3. The molecule has 0 bridgehead atoms. The fourth-order valence-electron chi connectivity index (χ4n) is 5.64. The van der Waals surface area contributed by atoms with Crippen LogP contribution in [0.3, 0.4) is 0 Å². The lowest BCUT2D eigenvalue weighted by molar-refractivity contribution is 1.06. The summed E-state index contributed by atoms with van der Waals surface area (Å²) in [6.07, 6.45) is 0. The normalized spacial score (nSPS) is 16.1. The van der Waals surface area contributed by atoms with Gasteiger partial charge in [0.05, 0.1) is 40.0 Å². The fraction of sp³-hybridized carbons (Fsp3) is 0. The van der Waals surface area contributed by atoms with E-state index in [1.165, 1.54) is 22.8 Å². The van der Waals surface area contributed by atoms with Crippen LogP contribution in [0.1, 0.15) is 23.3 Å². The summed E-state index contributed by atoms with van der Waals surface area (Å²) in [5.41, 5.74) is -0.747. The summed E-state index contributed by atoms with van der Waals surface area (Å²) >= 11 is 0. The third-order valence-electron chi connectivity index (χ3n) is 7.88. The quantitative estimate of drug-likeness (QED) is 0.181. The number of nitrogens with zero attached hydrogens (tertiary/aromatic N) is 4. The lowest BCUT2D eigenvalue weighted by atomic mass is 10.0. The highest BCUT2D eigenvalue weighted by Gasteiger charge is 2.20. The van der Waals surface area contributed by atoms with Gasteiger partial charge in [-0.05, 0) is 52.5 Å². The summed E-state index contributed by atoms with van der Waals surface area (Å²) in [4.78, 5) is 14.5. The summed E-state index contributed by atoms with van der Waals surface area (Å²) in [5, 5.41) is -0.641. The number of hydrogen-bond acceptors (Lipinski definition) is 3. The van der Waals surface area contributed by atoms with Crippen LogP contribution in [0.4, 0.5) is 0 Å². The Morgan fingerprint density at radius 3 is 1.61 bits per heavy atom. The largest absolute Gasteiger partial charge is 0.308 e. The SMILES string of the molecule is [2H]c1c([2H])c([2H])c(-c2ccc(-c3nc(-c4ccccc4)nc(-c4ccccc4)n3)c(-n3c4c([2H])c([2H])c([2H])c([2H])c4c4c([2H])c(-c5c([2H])c([2H])c([2H])c([2H])c5[2H])c([2H])c([2H])c43)c2)c([2H])c1[2H]. The minimum absolute atomic E-state index is 0.0133. The van der Waals surface area contributed by atoms with Crippen LogP contribution in [-0.4, -0.2) is 19.5 Å². The first-order chi connectivity index (χ1) is 31.4. The molecule has 2 aromatic heterocycles. The van der Waals surface area contributed by atoms with Crippen molar-refractivity contribution in [3.8, 4) is 62.1 Å². The van der Waals surface area contributed by atoms with E-state index in [1.54, 1.807) is 48.5 Å². The number of fused-ring (bicyclic) bond motifs is 3. The highest BCUT2D eigenvalue weighted by Crippen LogP contribution is 2.39. The van der Waals surface area contributed by atoms with Crippen molar-refractivity contribution in [1.82, 2.24) is 19.5 Å². The van der Waals surface area contributed by atoms with Crippen molar-refractivity contribution in [2.75, 3.05) is 0 Å². The molecule has 0 saturated heterocycles. The van der Waals surface area contributed by atoms with Crippen molar-refractivity contribution in [2.45, 2.75) is 0 Å². The Balaban J connectivity index is 1.51. The Kier molecular flexibility index (Phi) is 3.97. The average Bonchev–Trinajstić information content (AvgIpc) is 3.70. The second kappa shape index (κ2) is 12.2. The monoisotopic (exact) mass is 643 g/mol. The van der Waals surface area contributed by atoms with E-state index < -0.39 is 114 Å². The van der Waals surface area contributed by atoms with Gasteiger partial charge in [0.25, 0.3) is 0 Å². The van der Waals surface area contributed by atoms with E-state index in [4.69, 9.17) is 31.4 Å². The molecular formula is C45H30N4. The first kappa shape index (κ1) is 16.0. The molecule has 0 aliphatic heterocycles. The van der Waals surface area contributed by atoms with Crippen LogP contribution < -0.4 is 0 Å². The summed E-state index contributed by atoms with van der Waals surface area (Å²) < 4.78 is 151. The van der Waals surface area contributed by atoms with Gasteiger partial charge < -0.3 is 4.57 Å². The number of aromatic nitrogens is 4. The number of benzene rings is 7. The Morgan fingerprint density at radius 1 is 0.408 bits per heavy atom. The van der Waals surface area contributed by atoms with Gasteiger partial charge in [0.2, 0.25) is 0 Å². The van der Waals surface area contributed by atoms with E-state index in [2.05, 4.69) is 0 Å². The van der Waals surface area contributed by atoms with E-state index >= 15 is 0 Å². The lowest BCUT2D eigenvalue weighted by Gasteiger charge is -2.16. The minimum atomic E-state index is -0.772. The maximum Gasteiger partial charge on any atom is 0.166 e. The second-order valence-electron chi connectivity index (χ2n) is 10.8. The first-order valence-corrected chi connectivity index (χ1v) is 15.1. The zero-order chi connectivity index (χ0) is 47.4. The number of para-hydroxylation sites is 1. The van der Waals surface area contributed by atoms with Gasteiger partial charge in [0.15, 0.2) is 17.5 Å². The predicted octanol–water partition coefficient (Wildman–Crippen LogP) is 11.3. The van der Waals surface area contributed by atoms with Crippen LogP contribution >= 0.6 is 0 Å². The Labute approximate surface area is 308 Å². The van der Waals surface area contributed by atoms with E-state index in [9.17, 15) is 6.85 Å². The topological polar surface area (TPSA) is 43.6 Å². The number of rotatable bonds is 6. The highest BCUT2D eigenvalue weighted by atomic mass is 15.1. The number of hydrogen-bond donors (Lipinski definition) is 0. The van der Waals surface area contributed by atoms with Crippen molar-refractivity contribution in [3.05, 3.63) is 182 Å². The third-order valence-corrected chi connectivity index (χ3v) is 7.88. The van der Waals surface area contributed by atoms with Gasteiger partial charge in [-0.15, -0.1) is 0 Å². The van der Waals surface area contributed by atoms with E-state index in [-0.39, 0.29) is 61.7 Å². The minimum Gasteiger partial charge on any atom is -0.308 e. The maximum atomic E-state index is 9.67. The van der Waals surface area contributed by atoms with Crippen LogP contribution in [0, 0.1) is 0 Å². The fourth-order valence-corrected chi connectivity index (χ4v) is 5.64.